The van der Waals surface area contributed by atoms with Gasteiger partial charge in [-0.2, -0.15) is 13.2 Å². The van der Waals surface area contributed by atoms with E-state index >= 15 is 0 Å². The van der Waals surface area contributed by atoms with E-state index in [0.29, 0.717) is 5.69 Å². The van der Waals surface area contributed by atoms with Gasteiger partial charge in [0.2, 0.25) is 0 Å². The van der Waals surface area contributed by atoms with Crippen molar-refractivity contribution in [2.75, 3.05) is 18.5 Å². The number of aryl methyl sites for hydroxylation is 1. The minimum atomic E-state index is -4.51. The lowest BCUT2D eigenvalue weighted by Gasteiger charge is -2.39. The van der Waals surface area contributed by atoms with Crippen molar-refractivity contribution in [1.82, 2.24) is 5.32 Å². The highest BCUT2D eigenvalue weighted by atomic mass is 19.4. The van der Waals surface area contributed by atoms with Crippen LogP contribution in [-0.4, -0.2) is 31.0 Å². The minimum Gasteiger partial charge on any atom is -0.381 e. The molecule has 0 radical (unpaired) electrons. The topological polar surface area (TPSA) is 50.4 Å². The summed E-state index contributed by atoms with van der Waals surface area (Å²) in [6.45, 7) is 1.83. The third-order valence-electron chi connectivity index (χ3n) is 3.55. The van der Waals surface area contributed by atoms with Gasteiger partial charge < -0.3 is 15.4 Å². The summed E-state index contributed by atoms with van der Waals surface area (Å²) in [5.41, 5.74) is -0.778. The fourth-order valence-corrected chi connectivity index (χ4v) is 2.22. The quantitative estimate of drug-likeness (QED) is 0.881. The molecular weight excluding hydrogens is 285 g/mol. The van der Waals surface area contributed by atoms with Crippen LogP contribution in [-0.2, 0) is 4.74 Å². The average Bonchev–Trinajstić information content (AvgIpc) is 2.41. The van der Waals surface area contributed by atoms with E-state index in [9.17, 15) is 18.0 Å². The predicted molar refractivity (Wildman–Crippen MR) is 72.2 cm³/mol. The summed E-state index contributed by atoms with van der Waals surface area (Å²) in [7, 11) is 0. The third kappa shape index (κ3) is 3.66. The number of hydrogen-bond acceptors (Lipinski definition) is 2. The van der Waals surface area contributed by atoms with E-state index < -0.39 is 17.7 Å². The molecule has 21 heavy (non-hydrogen) atoms. The van der Waals surface area contributed by atoms with Gasteiger partial charge in [-0.3, -0.25) is 0 Å². The fraction of sp³-hybridized carbons (Fsp3) is 0.500. The van der Waals surface area contributed by atoms with Gasteiger partial charge in [0.25, 0.3) is 0 Å². The minimum absolute atomic E-state index is 0.0235. The molecule has 1 heterocycles. The van der Waals surface area contributed by atoms with Gasteiger partial charge in [-0.1, -0.05) is 17.7 Å². The van der Waals surface area contributed by atoms with Crippen LogP contribution < -0.4 is 10.6 Å². The SMILES string of the molecule is Cc1ccc(NC(=O)NC2(C(F)(F)F)CCOCC2)cc1. The van der Waals surface area contributed by atoms with E-state index in [1.54, 1.807) is 24.3 Å². The summed E-state index contributed by atoms with van der Waals surface area (Å²) in [6, 6.07) is 5.95. The number of halogens is 3. The predicted octanol–water partition coefficient (Wildman–Crippen LogP) is 3.23. The molecule has 1 aromatic rings. The largest absolute Gasteiger partial charge is 0.411 e. The van der Waals surface area contributed by atoms with Crippen LogP contribution in [0.2, 0.25) is 0 Å². The molecule has 1 aromatic carbocycles. The first-order valence-electron chi connectivity index (χ1n) is 6.63. The van der Waals surface area contributed by atoms with Gasteiger partial charge in [0, 0.05) is 31.7 Å². The van der Waals surface area contributed by atoms with Gasteiger partial charge in [0.1, 0.15) is 5.54 Å². The first kappa shape index (κ1) is 15.6. The van der Waals surface area contributed by atoms with E-state index in [2.05, 4.69) is 10.6 Å². The third-order valence-corrected chi connectivity index (χ3v) is 3.55. The Morgan fingerprint density at radius 2 is 1.76 bits per heavy atom. The van der Waals surface area contributed by atoms with Crippen LogP contribution in [0.25, 0.3) is 0 Å². The number of anilines is 1. The number of ether oxygens (including phenoxy) is 1. The van der Waals surface area contributed by atoms with Crippen molar-refractivity contribution >= 4 is 11.7 Å². The van der Waals surface area contributed by atoms with Gasteiger partial charge in [-0.05, 0) is 19.1 Å². The molecule has 1 saturated heterocycles. The number of nitrogens with one attached hydrogen (secondary N) is 2. The molecule has 0 aromatic heterocycles. The molecule has 2 amide bonds. The number of carbonyl (C=O) groups excluding carboxylic acids is 1. The lowest BCUT2D eigenvalue weighted by molar-refractivity contribution is -0.212. The van der Waals surface area contributed by atoms with Gasteiger partial charge in [0.05, 0.1) is 0 Å². The van der Waals surface area contributed by atoms with Crippen LogP contribution >= 0.6 is 0 Å². The molecule has 0 atom stereocenters. The number of alkyl halides is 3. The summed E-state index contributed by atoms with van der Waals surface area (Å²) in [5, 5.41) is 4.50. The molecule has 0 saturated carbocycles. The number of urea groups is 1. The Balaban J connectivity index is 2.06. The molecule has 2 N–H and O–H groups in total. The maximum atomic E-state index is 13.3. The molecular formula is C14H17F3N2O2. The van der Waals surface area contributed by atoms with Crippen molar-refractivity contribution in [2.45, 2.75) is 31.5 Å². The summed E-state index contributed by atoms with van der Waals surface area (Å²) in [6.07, 6.45) is -5.07. The maximum absolute atomic E-state index is 13.3. The smallest absolute Gasteiger partial charge is 0.381 e. The number of rotatable bonds is 2. The Morgan fingerprint density at radius 1 is 1.19 bits per heavy atom. The van der Waals surface area contributed by atoms with Crippen molar-refractivity contribution < 1.29 is 22.7 Å². The van der Waals surface area contributed by atoms with E-state index in [4.69, 9.17) is 4.74 Å². The second kappa shape index (κ2) is 5.93. The van der Waals surface area contributed by atoms with E-state index in [1.165, 1.54) is 0 Å². The molecule has 1 aliphatic rings. The van der Waals surface area contributed by atoms with Crippen LogP contribution in [0.1, 0.15) is 18.4 Å². The summed E-state index contributed by atoms with van der Waals surface area (Å²) in [5.74, 6) is 0. The van der Waals surface area contributed by atoms with Crippen LogP contribution in [0.4, 0.5) is 23.7 Å². The lowest BCUT2D eigenvalue weighted by Crippen LogP contribution is -2.62. The Kier molecular flexibility index (Phi) is 4.41. The zero-order valence-corrected chi connectivity index (χ0v) is 11.6. The number of carbonyl (C=O) groups is 1. The van der Waals surface area contributed by atoms with Gasteiger partial charge in [-0.25, -0.2) is 4.79 Å². The second-order valence-corrected chi connectivity index (χ2v) is 5.14. The zero-order chi connectivity index (χ0) is 15.5. The molecule has 4 nitrogen and oxygen atoms in total. The van der Waals surface area contributed by atoms with E-state index in [-0.39, 0.29) is 26.1 Å². The Hall–Kier alpha value is -1.76. The molecule has 0 bridgehead atoms. The Morgan fingerprint density at radius 3 is 2.29 bits per heavy atom. The average molecular weight is 302 g/mol. The van der Waals surface area contributed by atoms with Crippen LogP contribution in [0.3, 0.4) is 0 Å². The standard InChI is InChI=1S/C14H17F3N2O2/c1-10-2-4-11(5-3-10)18-12(20)19-13(14(15,16)17)6-8-21-9-7-13/h2-5H,6-9H2,1H3,(H2,18,19,20). The zero-order valence-electron chi connectivity index (χ0n) is 11.6. The summed E-state index contributed by atoms with van der Waals surface area (Å²) < 4.78 is 44.7. The number of hydrogen-bond donors (Lipinski definition) is 2. The fourth-order valence-electron chi connectivity index (χ4n) is 2.22. The van der Waals surface area contributed by atoms with Crippen molar-refractivity contribution in [1.29, 1.82) is 0 Å². The van der Waals surface area contributed by atoms with Crippen LogP contribution in [0.5, 0.6) is 0 Å². The van der Waals surface area contributed by atoms with Crippen LogP contribution in [0.15, 0.2) is 24.3 Å². The molecule has 0 aliphatic carbocycles. The van der Waals surface area contributed by atoms with Crippen molar-refractivity contribution in [2.24, 2.45) is 0 Å². The molecule has 0 spiro atoms. The lowest BCUT2D eigenvalue weighted by atomic mass is 9.89. The van der Waals surface area contributed by atoms with Crippen molar-refractivity contribution in [3.63, 3.8) is 0 Å². The Bertz CT molecular complexity index is 494. The highest BCUT2D eigenvalue weighted by molar-refractivity contribution is 5.89. The Labute approximate surface area is 120 Å². The molecule has 0 unspecified atom stereocenters. The van der Waals surface area contributed by atoms with Crippen molar-refractivity contribution in [3.05, 3.63) is 29.8 Å². The van der Waals surface area contributed by atoms with Crippen molar-refractivity contribution in [3.8, 4) is 0 Å². The first-order chi connectivity index (χ1) is 9.82. The normalized spacial score (nSPS) is 18.1. The highest BCUT2D eigenvalue weighted by Crippen LogP contribution is 2.38. The summed E-state index contributed by atoms with van der Waals surface area (Å²) in [4.78, 5) is 11.9. The highest BCUT2D eigenvalue weighted by Gasteiger charge is 2.56. The molecule has 1 fully saturated rings. The molecule has 2 rings (SSSR count). The molecule has 116 valence electrons. The van der Waals surface area contributed by atoms with Gasteiger partial charge in [0.15, 0.2) is 0 Å². The maximum Gasteiger partial charge on any atom is 0.411 e. The number of amides is 2. The first-order valence-corrected chi connectivity index (χ1v) is 6.63. The van der Waals surface area contributed by atoms with Gasteiger partial charge in [-0.15, -0.1) is 0 Å². The summed E-state index contributed by atoms with van der Waals surface area (Å²) >= 11 is 0. The van der Waals surface area contributed by atoms with Gasteiger partial charge >= 0.3 is 12.2 Å². The second-order valence-electron chi connectivity index (χ2n) is 5.14. The van der Waals surface area contributed by atoms with E-state index in [0.717, 1.165) is 5.56 Å². The molecule has 7 heteroatoms. The number of benzene rings is 1. The van der Waals surface area contributed by atoms with Crippen LogP contribution in [0, 0.1) is 6.92 Å². The van der Waals surface area contributed by atoms with E-state index in [1.807, 2.05) is 6.92 Å². The monoisotopic (exact) mass is 302 g/mol. The molecule has 1 aliphatic heterocycles.